The van der Waals surface area contributed by atoms with Gasteiger partial charge in [0.05, 0.1) is 0 Å². The Morgan fingerprint density at radius 2 is 1.86 bits per heavy atom. The second-order valence-electron chi connectivity index (χ2n) is 5.40. The van der Waals surface area contributed by atoms with Crippen LogP contribution in [0.2, 0.25) is 5.02 Å². The fourth-order valence-corrected chi connectivity index (χ4v) is 3.20. The van der Waals surface area contributed by atoms with E-state index in [0.717, 1.165) is 28.9 Å². The van der Waals surface area contributed by atoms with Crippen LogP contribution in [-0.2, 0) is 6.42 Å². The highest BCUT2D eigenvalue weighted by Gasteiger charge is 2.12. The Morgan fingerprint density at radius 3 is 2.48 bits per heavy atom. The molecule has 1 nitrogen and oxygen atoms in total. The van der Waals surface area contributed by atoms with Crippen LogP contribution in [0.4, 0.5) is 0 Å². The van der Waals surface area contributed by atoms with Gasteiger partial charge in [0, 0.05) is 15.5 Å². The average Bonchev–Trinajstić information content (AvgIpc) is 2.44. The van der Waals surface area contributed by atoms with E-state index < -0.39 is 0 Å². The van der Waals surface area contributed by atoms with Crippen molar-refractivity contribution in [2.75, 3.05) is 6.54 Å². The maximum absolute atomic E-state index is 5.97. The first-order valence-electron chi connectivity index (χ1n) is 7.33. The van der Waals surface area contributed by atoms with Crippen LogP contribution in [0.1, 0.15) is 36.1 Å². The highest BCUT2D eigenvalue weighted by molar-refractivity contribution is 9.10. The van der Waals surface area contributed by atoms with Gasteiger partial charge in [-0.25, -0.2) is 0 Å². The fourth-order valence-electron chi connectivity index (χ4n) is 2.45. The Morgan fingerprint density at radius 1 is 1.14 bits per heavy atom. The average molecular weight is 367 g/mol. The van der Waals surface area contributed by atoms with Gasteiger partial charge < -0.3 is 5.32 Å². The fraction of sp³-hybridized carbons (Fsp3) is 0.333. The van der Waals surface area contributed by atoms with Gasteiger partial charge >= 0.3 is 0 Å². The van der Waals surface area contributed by atoms with Crippen molar-refractivity contribution in [3.63, 3.8) is 0 Å². The molecule has 0 aliphatic heterocycles. The first-order chi connectivity index (χ1) is 10.1. The third-order valence-corrected chi connectivity index (χ3v) is 4.17. The Bertz CT molecular complexity index is 560. The summed E-state index contributed by atoms with van der Waals surface area (Å²) in [6, 6.07) is 15.1. The van der Waals surface area contributed by atoms with E-state index in [4.69, 9.17) is 11.6 Å². The van der Waals surface area contributed by atoms with Gasteiger partial charge in [-0.1, -0.05) is 52.7 Å². The number of nitrogens with one attached hydrogen (secondary N) is 1. The minimum Gasteiger partial charge on any atom is -0.310 e. The summed E-state index contributed by atoms with van der Waals surface area (Å²) >= 11 is 9.57. The molecule has 2 aromatic rings. The van der Waals surface area contributed by atoms with E-state index in [0.29, 0.717) is 6.04 Å². The van der Waals surface area contributed by atoms with Gasteiger partial charge in [0.1, 0.15) is 0 Å². The van der Waals surface area contributed by atoms with Crippen molar-refractivity contribution >= 4 is 27.5 Å². The van der Waals surface area contributed by atoms with Crippen molar-refractivity contribution in [1.29, 1.82) is 0 Å². The molecule has 1 unspecified atom stereocenters. The highest BCUT2D eigenvalue weighted by Crippen LogP contribution is 2.24. The Labute approximate surface area is 140 Å². The zero-order valence-corrected chi connectivity index (χ0v) is 14.8. The topological polar surface area (TPSA) is 12.0 Å². The molecule has 0 radical (unpaired) electrons. The molecule has 1 N–H and O–H groups in total. The molecular weight excluding hydrogens is 346 g/mol. The zero-order valence-electron chi connectivity index (χ0n) is 12.5. The van der Waals surface area contributed by atoms with Gasteiger partial charge in [0.15, 0.2) is 0 Å². The molecule has 0 fully saturated rings. The smallest absolute Gasteiger partial charge is 0.0406 e. The van der Waals surface area contributed by atoms with Gasteiger partial charge in [-0.2, -0.15) is 0 Å². The molecule has 21 heavy (non-hydrogen) atoms. The second kappa shape index (κ2) is 7.98. The van der Waals surface area contributed by atoms with Crippen molar-refractivity contribution in [3.8, 4) is 0 Å². The van der Waals surface area contributed by atoms with Crippen LogP contribution in [0, 0.1) is 6.92 Å². The summed E-state index contributed by atoms with van der Waals surface area (Å²) in [6.45, 7) is 5.34. The lowest BCUT2D eigenvalue weighted by Gasteiger charge is -2.20. The lowest BCUT2D eigenvalue weighted by molar-refractivity contribution is 0.529. The minimum absolute atomic E-state index is 0.322. The molecule has 0 aliphatic carbocycles. The lowest BCUT2D eigenvalue weighted by atomic mass is 9.97. The Hall–Kier alpha value is -0.830. The summed E-state index contributed by atoms with van der Waals surface area (Å²) in [6.07, 6.45) is 2.09. The van der Waals surface area contributed by atoms with Crippen LogP contribution in [0.5, 0.6) is 0 Å². The molecule has 112 valence electrons. The summed E-state index contributed by atoms with van der Waals surface area (Å²) < 4.78 is 1.14. The van der Waals surface area contributed by atoms with Gasteiger partial charge in [0.2, 0.25) is 0 Å². The minimum atomic E-state index is 0.322. The van der Waals surface area contributed by atoms with Gasteiger partial charge in [0.25, 0.3) is 0 Å². The van der Waals surface area contributed by atoms with Crippen molar-refractivity contribution in [2.24, 2.45) is 0 Å². The monoisotopic (exact) mass is 365 g/mol. The predicted octanol–water partition coefficient (Wildman–Crippen LogP) is 5.69. The molecule has 0 amide bonds. The van der Waals surface area contributed by atoms with Gasteiger partial charge in [-0.05, 0) is 67.3 Å². The van der Waals surface area contributed by atoms with Crippen LogP contribution in [0.3, 0.4) is 0 Å². The third kappa shape index (κ3) is 5.14. The SMILES string of the molecule is CCCNC(Cc1ccc(Cl)cc1)c1cc(C)cc(Br)c1. The number of benzene rings is 2. The van der Waals surface area contributed by atoms with Crippen LogP contribution >= 0.6 is 27.5 Å². The largest absolute Gasteiger partial charge is 0.310 e. The van der Waals surface area contributed by atoms with E-state index in [1.54, 1.807) is 0 Å². The molecule has 0 aromatic heterocycles. The van der Waals surface area contributed by atoms with E-state index in [2.05, 4.69) is 65.4 Å². The number of halogens is 2. The van der Waals surface area contributed by atoms with Crippen molar-refractivity contribution < 1.29 is 0 Å². The molecule has 2 rings (SSSR count). The third-order valence-electron chi connectivity index (χ3n) is 3.46. The van der Waals surface area contributed by atoms with E-state index in [1.807, 2.05) is 12.1 Å². The molecule has 0 saturated heterocycles. The molecule has 0 saturated carbocycles. The first-order valence-corrected chi connectivity index (χ1v) is 8.50. The molecule has 1 atom stereocenters. The van der Waals surface area contributed by atoms with Gasteiger partial charge in [-0.3, -0.25) is 0 Å². The summed E-state index contributed by atoms with van der Waals surface area (Å²) in [4.78, 5) is 0. The number of hydrogen-bond acceptors (Lipinski definition) is 1. The Kier molecular flexibility index (Phi) is 6.28. The highest BCUT2D eigenvalue weighted by atomic mass is 79.9. The normalized spacial score (nSPS) is 12.4. The van der Waals surface area contributed by atoms with Crippen molar-refractivity contribution in [3.05, 3.63) is 68.7 Å². The molecule has 3 heteroatoms. The zero-order chi connectivity index (χ0) is 15.2. The molecule has 0 bridgehead atoms. The predicted molar refractivity (Wildman–Crippen MR) is 95.1 cm³/mol. The van der Waals surface area contributed by atoms with Crippen molar-refractivity contribution in [1.82, 2.24) is 5.32 Å². The maximum atomic E-state index is 5.97. The van der Waals surface area contributed by atoms with E-state index >= 15 is 0 Å². The molecule has 0 heterocycles. The van der Waals surface area contributed by atoms with Crippen LogP contribution < -0.4 is 5.32 Å². The van der Waals surface area contributed by atoms with E-state index in [1.165, 1.54) is 16.7 Å². The second-order valence-corrected chi connectivity index (χ2v) is 6.75. The number of rotatable bonds is 6. The molecule has 0 aliphatic rings. The summed E-state index contributed by atoms with van der Waals surface area (Å²) in [5, 5.41) is 4.44. The van der Waals surface area contributed by atoms with Crippen LogP contribution in [0.15, 0.2) is 46.9 Å². The standard InChI is InChI=1S/C18H21BrClN/c1-3-8-21-18(11-14-4-6-17(20)7-5-14)15-9-13(2)10-16(19)12-15/h4-7,9-10,12,18,21H,3,8,11H2,1-2H3. The van der Waals surface area contributed by atoms with Gasteiger partial charge in [-0.15, -0.1) is 0 Å². The summed E-state index contributed by atoms with van der Waals surface area (Å²) in [5.74, 6) is 0. The van der Waals surface area contributed by atoms with E-state index in [-0.39, 0.29) is 0 Å². The summed E-state index contributed by atoms with van der Waals surface area (Å²) in [7, 11) is 0. The van der Waals surface area contributed by atoms with Crippen LogP contribution in [0.25, 0.3) is 0 Å². The Balaban J connectivity index is 2.22. The quantitative estimate of drug-likeness (QED) is 0.692. The number of aryl methyl sites for hydroxylation is 1. The van der Waals surface area contributed by atoms with Crippen LogP contribution in [-0.4, -0.2) is 6.54 Å². The molecule has 2 aromatic carbocycles. The summed E-state index contributed by atoms with van der Waals surface area (Å²) in [5.41, 5.74) is 3.90. The first kappa shape index (κ1) is 16.5. The van der Waals surface area contributed by atoms with E-state index in [9.17, 15) is 0 Å². The number of hydrogen-bond donors (Lipinski definition) is 1. The molecular formula is C18H21BrClN. The lowest BCUT2D eigenvalue weighted by Crippen LogP contribution is -2.24. The maximum Gasteiger partial charge on any atom is 0.0406 e. The molecule has 0 spiro atoms. The van der Waals surface area contributed by atoms with Crippen molar-refractivity contribution in [2.45, 2.75) is 32.7 Å².